The minimum absolute atomic E-state index is 0.0544. The molecule has 30 heavy (non-hydrogen) atoms. The zero-order valence-corrected chi connectivity index (χ0v) is 17.3. The SMILES string of the molecule is Cn1ccc2cc(O)c(-c3cnc(N4CC[C@H](NC5(C)CCC5)C4)nn3)cc2c1=O. The van der Waals surface area contributed by atoms with E-state index in [-0.39, 0.29) is 16.8 Å². The smallest absolute Gasteiger partial charge is 0.258 e. The maximum Gasteiger partial charge on any atom is 0.258 e. The molecule has 1 aliphatic heterocycles. The number of aryl methyl sites for hydroxylation is 1. The van der Waals surface area contributed by atoms with Gasteiger partial charge in [0.15, 0.2) is 0 Å². The van der Waals surface area contributed by atoms with Gasteiger partial charge in [-0.25, -0.2) is 4.98 Å². The number of hydrogen-bond donors (Lipinski definition) is 2. The van der Waals surface area contributed by atoms with Crippen molar-refractivity contribution in [2.75, 3.05) is 18.0 Å². The van der Waals surface area contributed by atoms with Crippen LogP contribution in [0.5, 0.6) is 5.75 Å². The third kappa shape index (κ3) is 3.31. The standard InChI is InChI=1S/C22H26N6O2/c1-22(6-3-7-22)24-15-5-9-28(13-15)21-23-12-18(25-26-21)17-11-16-14(10-19(17)29)4-8-27(2)20(16)30/h4,8,10-12,15,24,29H,3,5-7,9,13H2,1-2H3/t15-/m0/s1. The van der Waals surface area contributed by atoms with Gasteiger partial charge in [0, 0.05) is 48.9 Å². The Morgan fingerprint density at radius 2 is 2.10 bits per heavy atom. The highest BCUT2D eigenvalue weighted by molar-refractivity contribution is 5.89. The van der Waals surface area contributed by atoms with Gasteiger partial charge in [0.25, 0.3) is 5.56 Å². The Kier molecular flexibility index (Phi) is 4.47. The lowest BCUT2D eigenvalue weighted by atomic mass is 9.78. The number of fused-ring (bicyclic) bond motifs is 1. The van der Waals surface area contributed by atoms with E-state index >= 15 is 0 Å². The second kappa shape index (κ2) is 7.05. The molecular weight excluding hydrogens is 380 g/mol. The van der Waals surface area contributed by atoms with Crippen LogP contribution in [0.1, 0.15) is 32.6 Å². The number of rotatable bonds is 4. The first-order valence-corrected chi connectivity index (χ1v) is 10.5. The van der Waals surface area contributed by atoms with Crippen molar-refractivity contribution < 1.29 is 5.11 Å². The summed E-state index contributed by atoms with van der Waals surface area (Å²) >= 11 is 0. The van der Waals surface area contributed by atoms with Crippen molar-refractivity contribution in [3.05, 3.63) is 40.9 Å². The van der Waals surface area contributed by atoms with Crippen LogP contribution in [0, 0.1) is 0 Å². The van der Waals surface area contributed by atoms with Crippen LogP contribution in [0.15, 0.2) is 35.4 Å². The van der Waals surface area contributed by atoms with E-state index in [4.69, 9.17) is 0 Å². The van der Waals surface area contributed by atoms with Crippen LogP contribution in [0.3, 0.4) is 0 Å². The Morgan fingerprint density at radius 1 is 1.27 bits per heavy atom. The predicted octanol–water partition coefficient (Wildman–Crippen LogP) is 2.21. The minimum atomic E-state index is -0.123. The van der Waals surface area contributed by atoms with Crippen LogP contribution >= 0.6 is 0 Å². The molecule has 1 atom stereocenters. The lowest BCUT2D eigenvalue weighted by Gasteiger charge is -2.41. The van der Waals surface area contributed by atoms with Gasteiger partial charge in [0.1, 0.15) is 11.4 Å². The summed E-state index contributed by atoms with van der Waals surface area (Å²) in [5.41, 5.74) is 1.06. The molecule has 5 rings (SSSR count). The molecule has 1 saturated heterocycles. The Labute approximate surface area is 174 Å². The topological polar surface area (TPSA) is 96.2 Å². The van der Waals surface area contributed by atoms with Crippen LogP contribution in [-0.4, -0.2) is 49.5 Å². The van der Waals surface area contributed by atoms with Gasteiger partial charge in [-0.15, -0.1) is 10.2 Å². The Bertz CT molecular complexity index is 1150. The van der Waals surface area contributed by atoms with E-state index < -0.39 is 0 Å². The highest BCUT2D eigenvalue weighted by Gasteiger charge is 2.36. The normalized spacial score (nSPS) is 20.5. The highest BCUT2D eigenvalue weighted by atomic mass is 16.3. The van der Waals surface area contributed by atoms with Gasteiger partial charge in [0.05, 0.1) is 6.20 Å². The van der Waals surface area contributed by atoms with E-state index in [0.717, 1.165) is 19.5 Å². The summed E-state index contributed by atoms with van der Waals surface area (Å²) in [6.07, 6.45) is 8.16. The molecule has 0 bridgehead atoms. The molecule has 0 spiro atoms. The number of nitrogens with zero attached hydrogens (tertiary/aromatic N) is 5. The van der Waals surface area contributed by atoms with Gasteiger partial charge in [-0.1, -0.05) is 0 Å². The number of aromatic nitrogens is 4. The number of phenols is 1. The molecule has 8 nitrogen and oxygen atoms in total. The fraction of sp³-hybridized carbons (Fsp3) is 0.455. The van der Waals surface area contributed by atoms with E-state index in [2.05, 4.69) is 32.3 Å². The molecule has 2 aromatic heterocycles. The molecular formula is C22H26N6O2. The number of nitrogens with one attached hydrogen (secondary N) is 1. The predicted molar refractivity (Wildman–Crippen MR) is 116 cm³/mol. The molecule has 1 saturated carbocycles. The van der Waals surface area contributed by atoms with E-state index in [1.54, 1.807) is 37.6 Å². The van der Waals surface area contributed by atoms with E-state index in [1.165, 1.54) is 23.8 Å². The van der Waals surface area contributed by atoms with Crippen molar-refractivity contribution in [2.24, 2.45) is 7.05 Å². The summed E-state index contributed by atoms with van der Waals surface area (Å²) in [5.74, 6) is 0.650. The van der Waals surface area contributed by atoms with Crippen molar-refractivity contribution in [3.63, 3.8) is 0 Å². The van der Waals surface area contributed by atoms with Crippen molar-refractivity contribution in [3.8, 4) is 17.0 Å². The fourth-order valence-corrected chi connectivity index (χ4v) is 4.52. The zero-order chi connectivity index (χ0) is 20.9. The van der Waals surface area contributed by atoms with Gasteiger partial charge < -0.3 is 19.9 Å². The van der Waals surface area contributed by atoms with Crippen molar-refractivity contribution in [1.29, 1.82) is 0 Å². The van der Waals surface area contributed by atoms with Crippen molar-refractivity contribution in [1.82, 2.24) is 25.1 Å². The van der Waals surface area contributed by atoms with Gasteiger partial charge >= 0.3 is 0 Å². The largest absolute Gasteiger partial charge is 0.507 e. The van der Waals surface area contributed by atoms with Crippen LogP contribution < -0.4 is 15.8 Å². The molecule has 0 amide bonds. The maximum absolute atomic E-state index is 12.4. The second-order valence-corrected chi connectivity index (χ2v) is 8.82. The van der Waals surface area contributed by atoms with E-state index in [0.29, 0.717) is 34.0 Å². The average Bonchev–Trinajstić information content (AvgIpc) is 3.18. The van der Waals surface area contributed by atoms with Gasteiger partial charge in [-0.3, -0.25) is 4.79 Å². The van der Waals surface area contributed by atoms with Gasteiger partial charge in [-0.2, -0.15) is 0 Å². The van der Waals surface area contributed by atoms with Crippen molar-refractivity contribution >= 4 is 16.7 Å². The van der Waals surface area contributed by atoms with Gasteiger partial charge in [-0.05, 0) is 56.2 Å². The number of aromatic hydroxyl groups is 1. The molecule has 2 N–H and O–H groups in total. The minimum Gasteiger partial charge on any atom is -0.507 e. The molecule has 1 aliphatic carbocycles. The maximum atomic E-state index is 12.4. The Morgan fingerprint density at radius 3 is 2.80 bits per heavy atom. The lowest BCUT2D eigenvalue weighted by Crippen LogP contribution is -2.53. The number of phenolic OH excluding ortho intramolecular Hbond substituents is 1. The second-order valence-electron chi connectivity index (χ2n) is 8.82. The quantitative estimate of drug-likeness (QED) is 0.686. The van der Waals surface area contributed by atoms with Crippen LogP contribution in [0.2, 0.25) is 0 Å². The fourth-order valence-electron chi connectivity index (χ4n) is 4.52. The van der Waals surface area contributed by atoms with Crippen LogP contribution in [-0.2, 0) is 7.05 Å². The van der Waals surface area contributed by atoms with Gasteiger partial charge in [0.2, 0.25) is 5.95 Å². The monoisotopic (exact) mass is 406 g/mol. The summed E-state index contributed by atoms with van der Waals surface area (Å²) in [6.45, 7) is 4.06. The summed E-state index contributed by atoms with van der Waals surface area (Å²) in [5, 5.41) is 24.0. The van der Waals surface area contributed by atoms with E-state index in [1.807, 2.05) is 0 Å². The Hall–Kier alpha value is -3.00. The summed E-state index contributed by atoms with van der Waals surface area (Å²) in [4.78, 5) is 19.1. The molecule has 1 aromatic carbocycles. The molecule has 0 radical (unpaired) electrons. The third-order valence-corrected chi connectivity index (χ3v) is 6.50. The van der Waals surface area contributed by atoms with Crippen LogP contribution in [0.25, 0.3) is 22.0 Å². The molecule has 156 valence electrons. The number of hydrogen-bond acceptors (Lipinski definition) is 7. The number of benzene rings is 1. The van der Waals surface area contributed by atoms with Crippen LogP contribution in [0.4, 0.5) is 5.95 Å². The average molecular weight is 406 g/mol. The summed E-state index contributed by atoms with van der Waals surface area (Å²) in [7, 11) is 1.70. The number of anilines is 1. The lowest BCUT2D eigenvalue weighted by molar-refractivity contribution is 0.189. The summed E-state index contributed by atoms with van der Waals surface area (Å²) in [6, 6.07) is 5.49. The van der Waals surface area contributed by atoms with Crippen molar-refractivity contribution in [2.45, 2.75) is 44.2 Å². The first-order chi connectivity index (χ1) is 14.4. The molecule has 3 heterocycles. The first kappa shape index (κ1) is 19.0. The highest BCUT2D eigenvalue weighted by Crippen LogP contribution is 2.33. The molecule has 0 unspecified atom stereocenters. The molecule has 8 heteroatoms. The Balaban J connectivity index is 1.37. The molecule has 2 aliphatic rings. The molecule has 3 aromatic rings. The molecule has 2 fully saturated rings. The van der Waals surface area contributed by atoms with E-state index in [9.17, 15) is 9.90 Å². The first-order valence-electron chi connectivity index (χ1n) is 10.5. The summed E-state index contributed by atoms with van der Waals surface area (Å²) < 4.78 is 1.51. The zero-order valence-electron chi connectivity index (χ0n) is 17.3. The number of pyridine rings is 1. The third-order valence-electron chi connectivity index (χ3n) is 6.50.